The number of aromatic hydroxyl groups is 1. The molecule has 2 rings (SSSR count). The second-order valence-electron chi connectivity index (χ2n) is 3.15. The average Bonchev–Trinajstić information content (AvgIpc) is 2.24. The van der Waals surface area contributed by atoms with Crippen LogP contribution in [-0.4, -0.2) is 5.11 Å². The summed E-state index contributed by atoms with van der Waals surface area (Å²) >= 11 is 6.72. The molecule has 0 aromatic heterocycles. The van der Waals surface area contributed by atoms with Gasteiger partial charge in [0.05, 0.1) is 4.47 Å². The zero-order valence-electron chi connectivity index (χ0n) is 7.74. The molecule has 0 spiro atoms. The van der Waals surface area contributed by atoms with E-state index in [2.05, 4.69) is 31.9 Å². The van der Waals surface area contributed by atoms with Crippen molar-refractivity contribution in [3.8, 4) is 16.9 Å². The first-order valence-electron chi connectivity index (χ1n) is 4.42. The first-order valence-corrected chi connectivity index (χ1v) is 6.00. The average molecular weight is 328 g/mol. The maximum atomic E-state index is 9.91. The molecule has 0 saturated heterocycles. The van der Waals surface area contributed by atoms with Crippen LogP contribution in [0.3, 0.4) is 0 Å². The van der Waals surface area contributed by atoms with Crippen LogP contribution in [0.15, 0.2) is 51.4 Å². The van der Waals surface area contributed by atoms with E-state index in [1.807, 2.05) is 42.5 Å². The summed E-state index contributed by atoms with van der Waals surface area (Å²) in [6, 6.07) is 13.5. The SMILES string of the molecule is Oc1c(Br)cc(Br)cc1-c1ccccc1. The number of hydrogen-bond acceptors (Lipinski definition) is 1. The third-order valence-electron chi connectivity index (χ3n) is 2.11. The molecule has 76 valence electrons. The highest BCUT2D eigenvalue weighted by Gasteiger charge is 2.08. The predicted molar refractivity (Wildman–Crippen MR) is 68.9 cm³/mol. The molecule has 1 nitrogen and oxygen atoms in total. The summed E-state index contributed by atoms with van der Waals surface area (Å²) in [5.41, 5.74) is 1.81. The van der Waals surface area contributed by atoms with Gasteiger partial charge in [-0.2, -0.15) is 0 Å². The standard InChI is InChI=1S/C12H8Br2O/c13-9-6-10(12(15)11(14)7-9)8-4-2-1-3-5-8/h1-7,15H. The van der Waals surface area contributed by atoms with E-state index >= 15 is 0 Å². The Morgan fingerprint density at radius 2 is 1.60 bits per heavy atom. The maximum absolute atomic E-state index is 9.91. The van der Waals surface area contributed by atoms with Crippen molar-refractivity contribution in [2.75, 3.05) is 0 Å². The number of phenolic OH excluding ortho intramolecular Hbond substituents is 1. The van der Waals surface area contributed by atoms with Gasteiger partial charge in [-0.3, -0.25) is 0 Å². The van der Waals surface area contributed by atoms with Crippen LogP contribution in [0.4, 0.5) is 0 Å². The molecule has 0 saturated carbocycles. The normalized spacial score (nSPS) is 10.3. The highest BCUT2D eigenvalue weighted by atomic mass is 79.9. The number of phenols is 1. The highest BCUT2D eigenvalue weighted by Crippen LogP contribution is 2.37. The Hall–Kier alpha value is -0.800. The van der Waals surface area contributed by atoms with Gasteiger partial charge in [0.25, 0.3) is 0 Å². The van der Waals surface area contributed by atoms with E-state index in [0.717, 1.165) is 15.6 Å². The summed E-state index contributed by atoms with van der Waals surface area (Å²) in [6.45, 7) is 0. The lowest BCUT2D eigenvalue weighted by Crippen LogP contribution is -1.80. The molecule has 0 amide bonds. The minimum atomic E-state index is 0.268. The Kier molecular flexibility index (Phi) is 3.12. The second kappa shape index (κ2) is 4.37. The van der Waals surface area contributed by atoms with Crippen LogP contribution in [0.25, 0.3) is 11.1 Å². The van der Waals surface area contributed by atoms with Gasteiger partial charge in [0.2, 0.25) is 0 Å². The van der Waals surface area contributed by atoms with Crippen LogP contribution in [0.2, 0.25) is 0 Å². The number of halogens is 2. The molecule has 0 bridgehead atoms. The summed E-state index contributed by atoms with van der Waals surface area (Å²) < 4.78 is 1.63. The maximum Gasteiger partial charge on any atom is 0.137 e. The van der Waals surface area contributed by atoms with Crippen molar-refractivity contribution >= 4 is 31.9 Å². The Morgan fingerprint density at radius 3 is 2.27 bits per heavy atom. The van der Waals surface area contributed by atoms with E-state index in [-0.39, 0.29) is 5.75 Å². The lowest BCUT2D eigenvalue weighted by molar-refractivity contribution is 0.474. The van der Waals surface area contributed by atoms with Crippen molar-refractivity contribution < 1.29 is 5.11 Å². The summed E-state index contributed by atoms with van der Waals surface area (Å²) in [7, 11) is 0. The van der Waals surface area contributed by atoms with Gasteiger partial charge < -0.3 is 5.11 Å². The second-order valence-corrected chi connectivity index (χ2v) is 4.92. The quantitative estimate of drug-likeness (QED) is 0.812. The van der Waals surface area contributed by atoms with Gasteiger partial charge in [0.1, 0.15) is 5.75 Å². The zero-order valence-corrected chi connectivity index (χ0v) is 10.9. The molecule has 3 heteroatoms. The van der Waals surface area contributed by atoms with E-state index in [9.17, 15) is 5.11 Å². The lowest BCUT2D eigenvalue weighted by atomic mass is 10.1. The largest absolute Gasteiger partial charge is 0.506 e. The summed E-state index contributed by atoms with van der Waals surface area (Å²) in [5, 5.41) is 9.91. The fourth-order valence-electron chi connectivity index (χ4n) is 1.40. The van der Waals surface area contributed by atoms with Crippen LogP contribution in [0.1, 0.15) is 0 Å². The Balaban J connectivity index is 2.63. The fraction of sp³-hybridized carbons (Fsp3) is 0. The smallest absolute Gasteiger partial charge is 0.137 e. The van der Waals surface area contributed by atoms with Crippen LogP contribution in [0.5, 0.6) is 5.75 Å². The molecule has 2 aromatic rings. The third-order valence-corrected chi connectivity index (χ3v) is 3.18. The summed E-state index contributed by atoms with van der Waals surface area (Å²) in [5.74, 6) is 0.268. The van der Waals surface area contributed by atoms with Gasteiger partial charge >= 0.3 is 0 Å². The fourth-order valence-corrected chi connectivity index (χ4v) is 2.63. The van der Waals surface area contributed by atoms with Gasteiger partial charge in [-0.25, -0.2) is 0 Å². The van der Waals surface area contributed by atoms with E-state index in [4.69, 9.17) is 0 Å². The van der Waals surface area contributed by atoms with E-state index in [1.54, 1.807) is 0 Å². The van der Waals surface area contributed by atoms with Gasteiger partial charge in [0, 0.05) is 10.0 Å². The van der Waals surface area contributed by atoms with Gasteiger partial charge in [-0.05, 0) is 33.6 Å². The molecule has 2 aromatic carbocycles. The zero-order chi connectivity index (χ0) is 10.8. The molecule has 1 N–H and O–H groups in total. The molecule has 0 aliphatic carbocycles. The number of rotatable bonds is 1. The number of hydrogen-bond donors (Lipinski definition) is 1. The Morgan fingerprint density at radius 1 is 0.933 bits per heavy atom. The molecule has 0 heterocycles. The van der Waals surface area contributed by atoms with Gasteiger partial charge in [-0.1, -0.05) is 46.3 Å². The third kappa shape index (κ3) is 2.24. The first-order chi connectivity index (χ1) is 7.18. The predicted octanol–water partition coefficient (Wildman–Crippen LogP) is 4.58. The molecule has 0 fully saturated rings. The number of benzene rings is 2. The molecule has 0 aliphatic rings. The molecule has 0 radical (unpaired) electrons. The van der Waals surface area contributed by atoms with Gasteiger partial charge in [-0.15, -0.1) is 0 Å². The molecule has 15 heavy (non-hydrogen) atoms. The molecule has 0 atom stereocenters. The molecular weight excluding hydrogens is 320 g/mol. The van der Waals surface area contributed by atoms with Crippen LogP contribution < -0.4 is 0 Å². The highest BCUT2D eigenvalue weighted by molar-refractivity contribution is 9.11. The Bertz CT molecular complexity index is 480. The van der Waals surface area contributed by atoms with Crippen molar-refractivity contribution in [3.63, 3.8) is 0 Å². The van der Waals surface area contributed by atoms with Crippen LogP contribution in [0, 0.1) is 0 Å². The van der Waals surface area contributed by atoms with Crippen molar-refractivity contribution in [1.29, 1.82) is 0 Å². The Labute approximate surface area is 105 Å². The van der Waals surface area contributed by atoms with Gasteiger partial charge in [0.15, 0.2) is 0 Å². The monoisotopic (exact) mass is 326 g/mol. The van der Waals surface area contributed by atoms with Crippen LogP contribution in [-0.2, 0) is 0 Å². The van der Waals surface area contributed by atoms with Crippen molar-refractivity contribution in [2.24, 2.45) is 0 Å². The molecular formula is C12H8Br2O. The molecule has 0 aliphatic heterocycles. The van der Waals surface area contributed by atoms with E-state index in [1.165, 1.54) is 0 Å². The van der Waals surface area contributed by atoms with E-state index < -0.39 is 0 Å². The van der Waals surface area contributed by atoms with Crippen LogP contribution >= 0.6 is 31.9 Å². The topological polar surface area (TPSA) is 20.2 Å². The molecule has 0 unspecified atom stereocenters. The lowest BCUT2D eigenvalue weighted by Gasteiger charge is -2.07. The van der Waals surface area contributed by atoms with Crippen molar-refractivity contribution in [2.45, 2.75) is 0 Å². The van der Waals surface area contributed by atoms with Crippen molar-refractivity contribution in [3.05, 3.63) is 51.4 Å². The minimum Gasteiger partial charge on any atom is -0.506 e. The minimum absolute atomic E-state index is 0.268. The summed E-state index contributed by atoms with van der Waals surface area (Å²) in [6.07, 6.45) is 0. The van der Waals surface area contributed by atoms with Crippen molar-refractivity contribution in [1.82, 2.24) is 0 Å². The van der Waals surface area contributed by atoms with E-state index in [0.29, 0.717) is 4.47 Å². The first kappa shape index (κ1) is 10.7. The summed E-state index contributed by atoms with van der Waals surface area (Å²) in [4.78, 5) is 0.